The lowest BCUT2D eigenvalue weighted by Crippen LogP contribution is -2.43. The molecule has 1 aliphatic rings. The van der Waals surface area contributed by atoms with Gasteiger partial charge in [0.15, 0.2) is 5.96 Å². The fourth-order valence-corrected chi connectivity index (χ4v) is 3.68. The molecule has 8 heteroatoms. The minimum Gasteiger partial charge on any atom is -0.376 e. The van der Waals surface area contributed by atoms with Gasteiger partial charge in [0.2, 0.25) is 5.91 Å². The van der Waals surface area contributed by atoms with E-state index in [0.717, 1.165) is 32.1 Å². The van der Waals surface area contributed by atoms with E-state index in [-0.39, 0.29) is 42.1 Å². The molecular weight excluding hydrogens is 522 g/mol. The van der Waals surface area contributed by atoms with Gasteiger partial charge >= 0.3 is 0 Å². The summed E-state index contributed by atoms with van der Waals surface area (Å²) in [4.78, 5) is 18.6. The van der Waals surface area contributed by atoms with E-state index in [9.17, 15) is 9.18 Å². The van der Waals surface area contributed by atoms with Gasteiger partial charge in [-0.2, -0.15) is 0 Å². The zero-order valence-electron chi connectivity index (χ0n) is 18.4. The first-order chi connectivity index (χ1) is 15.1. The maximum Gasteiger partial charge on any atom is 0.224 e. The van der Waals surface area contributed by atoms with Crippen LogP contribution in [0.3, 0.4) is 0 Å². The Kier molecular flexibility index (Phi) is 11.4. The molecule has 1 atom stereocenters. The van der Waals surface area contributed by atoms with Crippen LogP contribution in [0.5, 0.6) is 0 Å². The van der Waals surface area contributed by atoms with Crippen molar-refractivity contribution in [1.82, 2.24) is 15.5 Å². The number of hydrogen-bond acceptors (Lipinski definition) is 3. The Labute approximate surface area is 206 Å². The van der Waals surface area contributed by atoms with Gasteiger partial charge < -0.3 is 20.3 Å². The number of guanidine groups is 1. The number of ether oxygens (including phenoxy) is 1. The number of aliphatic imine (C=N–C) groups is 1. The van der Waals surface area contributed by atoms with Gasteiger partial charge in [-0.3, -0.25) is 9.79 Å². The van der Waals surface area contributed by atoms with Gasteiger partial charge in [-0.05, 0) is 29.7 Å². The zero-order chi connectivity index (χ0) is 21.9. The second-order valence-corrected chi connectivity index (χ2v) is 7.73. The van der Waals surface area contributed by atoms with E-state index in [1.54, 1.807) is 19.2 Å². The zero-order valence-corrected chi connectivity index (χ0v) is 20.8. The molecule has 2 aromatic rings. The highest BCUT2D eigenvalue weighted by molar-refractivity contribution is 14.0. The Balaban J connectivity index is 0.00000363. The first kappa shape index (κ1) is 26.1. The topological polar surface area (TPSA) is 66.0 Å². The van der Waals surface area contributed by atoms with E-state index in [2.05, 4.69) is 32.7 Å². The van der Waals surface area contributed by atoms with Crippen LogP contribution in [-0.2, 0) is 22.6 Å². The van der Waals surface area contributed by atoms with Crippen molar-refractivity contribution in [3.63, 3.8) is 0 Å². The van der Waals surface area contributed by atoms with E-state index in [4.69, 9.17) is 4.74 Å². The molecular formula is C24H32FIN4O2. The Hall–Kier alpha value is -2.20. The van der Waals surface area contributed by atoms with Gasteiger partial charge in [-0.1, -0.05) is 42.5 Å². The van der Waals surface area contributed by atoms with Crippen LogP contribution < -0.4 is 10.6 Å². The summed E-state index contributed by atoms with van der Waals surface area (Å²) in [6.45, 7) is 4.27. The predicted octanol–water partition coefficient (Wildman–Crippen LogP) is 3.22. The van der Waals surface area contributed by atoms with Crippen LogP contribution in [0.1, 0.15) is 17.5 Å². The number of halogens is 2. The Morgan fingerprint density at radius 3 is 2.62 bits per heavy atom. The van der Waals surface area contributed by atoms with E-state index < -0.39 is 0 Å². The molecule has 0 radical (unpaired) electrons. The number of nitrogens with zero attached hydrogens (tertiary/aromatic N) is 2. The standard InChI is InChI=1S/C24H31FN4O2.HI/c1-26-24(28-12-11-27-23(30)15-20-8-5-9-22(25)14-20)29-13-10-21(16-29)18-31-17-19-6-3-2-4-7-19;/h2-9,14,21H,10-13,15-18H2,1H3,(H,26,28)(H,27,30);1H. The van der Waals surface area contributed by atoms with Crippen LogP contribution in [0, 0.1) is 11.7 Å². The van der Waals surface area contributed by atoms with E-state index in [0.29, 0.717) is 31.2 Å². The average molecular weight is 554 g/mol. The molecule has 1 fully saturated rings. The van der Waals surface area contributed by atoms with Crippen LogP contribution in [0.2, 0.25) is 0 Å². The lowest BCUT2D eigenvalue weighted by atomic mass is 10.1. The summed E-state index contributed by atoms with van der Waals surface area (Å²) in [5.74, 6) is 0.863. The third-order valence-corrected chi connectivity index (χ3v) is 5.25. The number of amides is 1. The summed E-state index contributed by atoms with van der Waals surface area (Å²) in [7, 11) is 1.77. The van der Waals surface area contributed by atoms with E-state index in [1.807, 2.05) is 18.2 Å². The molecule has 3 rings (SSSR count). The van der Waals surface area contributed by atoms with Crippen molar-refractivity contribution in [2.45, 2.75) is 19.4 Å². The molecule has 1 aliphatic heterocycles. The fraction of sp³-hybridized carbons (Fsp3) is 0.417. The van der Waals surface area contributed by atoms with Gasteiger partial charge in [-0.25, -0.2) is 4.39 Å². The first-order valence-electron chi connectivity index (χ1n) is 10.7. The average Bonchev–Trinajstić information content (AvgIpc) is 3.23. The molecule has 1 amide bonds. The second-order valence-electron chi connectivity index (χ2n) is 7.73. The quantitative estimate of drug-likeness (QED) is 0.216. The van der Waals surface area contributed by atoms with Crippen molar-refractivity contribution in [2.75, 3.05) is 39.8 Å². The predicted molar refractivity (Wildman–Crippen MR) is 136 cm³/mol. The normalized spacial score (nSPS) is 15.9. The highest BCUT2D eigenvalue weighted by Gasteiger charge is 2.24. The Bertz CT molecular complexity index is 866. The molecule has 0 saturated carbocycles. The molecule has 2 N–H and O–H groups in total. The molecule has 0 aliphatic carbocycles. The van der Waals surface area contributed by atoms with Crippen LogP contribution in [0.25, 0.3) is 0 Å². The summed E-state index contributed by atoms with van der Waals surface area (Å²) in [5, 5.41) is 6.16. The molecule has 174 valence electrons. The number of rotatable bonds is 9. The summed E-state index contributed by atoms with van der Waals surface area (Å²) >= 11 is 0. The van der Waals surface area contributed by atoms with Gasteiger partial charge in [0.25, 0.3) is 0 Å². The molecule has 0 spiro atoms. The summed E-state index contributed by atoms with van der Waals surface area (Å²) in [5.41, 5.74) is 1.85. The van der Waals surface area contributed by atoms with Gasteiger partial charge in [-0.15, -0.1) is 24.0 Å². The van der Waals surface area contributed by atoms with Crippen molar-refractivity contribution in [3.8, 4) is 0 Å². The summed E-state index contributed by atoms with van der Waals surface area (Å²) in [6, 6.07) is 16.3. The van der Waals surface area contributed by atoms with Crippen molar-refractivity contribution in [3.05, 3.63) is 71.5 Å². The molecule has 2 aromatic carbocycles. The number of benzene rings is 2. The monoisotopic (exact) mass is 554 g/mol. The lowest BCUT2D eigenvalue weighted by Gasteiger charge is -2.22. The number of likely N-dealkylation sites (tertiary alicyclic amines) is 1. The molecule has 1 saturated heterocycles. The van der Waals surface area contributed by atoms with Crippen LogP contribution in [-0.4, -0.2) is 56.6 Å². The molecule has 0 aromatic heterocycles. The van der Waals surface area contributed by atoms with Gasteiger partial charge in [0.05, 0.1) is 19.6 Å². The molecule has 0 bridgehead atoms. The van der Waals surface area contributed by atoms with Crippen LogP contribution in [0.4, 0.5) is 4.39 Å². The minimum absolute atomic E-state index is 0. The fourth-order valence-electron chi connectivity index (χ4n) is 3.68. The van der Waals surface area contributed by atoms with Crippen molar-refractivity contribution in [2.24, 2.45) is 10.9 Å². The van der Waals surface area contributed by atoms with Crippen LogP contribution >= 0.6 is 24.0 Å². The maximum absolute atomic E-state index is 13.2. The third-order valence-electron chi connectivity index (χ3n) is 5.25. The summed E-state index contributed by atoms with van der Waals surface area (Å²) < 4.78 is 19.1. The number of carbonyl (C=O) groups is 1. The Morgan fingerprint density at radius 2 is 1.88 bits per heavy atom. The summed E-state index contributed by atoms with van der Waals surface area (Å²) in [6.07, 6.45) is 1.24. The smallest absolute Gasteiger partial charge is 0.224 e. The molecule has 6 nitrogen and oxygen atoms in total. The Morgan fingerprint density at radius 1 is 1.12 bits per heavy atom. The lowest BCUT2D eigenvalue weighted by molar-refractivity contribution is -0.120. The van der Waals surface area contributed by atoms with E-state index >= 15 is 0 Å². The number of nitrogens with one attached hydrogen (secondary N) is 2. The first-order valence-corrected chi connectivity index (χ1v) is 10.7. The van der Waals surface area contributed by atoms with Crippen molar-refractivity contribution >= 4 is 35.8 Å². The highest BCUT2D eigenvalue weighted by atomic mass is 127. The van der Waals surface area contributed by atoms with Crippen molar-refractivity contribution in [1.29, 1.82) is 0 Å². The number of carbonyl (C=O) groups excluding carboxylic acids is 1. The SMILES string of the molecule is CN=C(NCCNC(=O)Cc1cccc(F)c1)N1CCC(COCc2ccccc2)C1.I. The van der Waals surface area contributed by atoms with Gasteiger partial charge in [0.1, 0.15) is 5.82 Å². The van der Waals surface area contributed by atoms with Crippen molar-refractivity contribution < 1.29 is 13.9 Å². The van der Waals surface area contributed by atoms with E-state index in [1.165, 1.54) is 17.7 Å². The highest BCUT2D eigenvalue weighted by Crippen LogP contribution is 2.17. The molecule has 1 heterocycles. The second kappa shape index (κ2) is 14.1. The molecule has 1 unspecified atom stereocenters. The number of hydrogen-bond donors (Lipinski definition) is 2. The van der Waals surface area contributed by atoms with Gasteiger partial charge in [0, 0.05) is 39.1 Å². The third kappa shape index (κ3) is 8.74. The molecule has 32 heavy (non-hydrogen) atoms. The maximum atomic E-state index is 13.2. The minimum atomic E-state index is -0.329. The van der Waals surface area contributed by atoms with Crippen LogP contribution in [0.15, 0.2) is 59.6 Å². The largest absolute Gasteiger partial charge is 0.376 e.